The first-order chi connectivity index (χ1) is 9.99. The number of anilines is 1. The van der Waals surface area contributed by atoms with E-state index in [0.717, 1.165) is 5.69 Å². The van der Waals surface area contributed by atoms with Gasteiger partial charge in [-0.05, 0) is 26.0 Å². The third kappa shape index (κ3) is 3.85. The molecule has 1 amide bonds. The van der Waals surface area contributed by atoms with E-state index in [4.69, 9.17) is 0 Å². The Morgan fingerprint density at radius 3 is 2.71 bits per heavy atom. The normalized spacial score (nSPS) is 10.2. The van der Waals surface area contributed by atoms with Crippen molar-refractivity contribution in [2.24, 2.45) is 0 Å². The number of thiazole rings is 1. The highest BCUT2D eigenvalue weighted by molar-refractivity contribution is 7.14. The minimum Gasteiger partial charge on any atom is -0.469 e. The summed E-state index contributed by atoms with van der Waals surface area (Å²) in [6.45, 7) is 3.65. The molecule has 0 radical (unpaired) electrons. The fraction of sp³-hybridized carbons (Fsp3) is 0.286. The van der Waals surface area contributed by atoms with Crippen molar-refractivity contribution in [2.75, 3.05) is 12.4 Å². The second-order valence-corrected chi connectivity index (χ2v) is 5.29. The number of methoxy groups -OCH3 is 1. The Labute approximate surface area is 126 Å². The number of aromatic nitrogens is 2. The molecule has 0 unspecified atom stereocenters. The number of carbonyl (C=O) groups is 2. The van der Waals surface area contributed by atoms with E-state index in [-0.39, 0.29) is 18.3 Å². The van der Waals surface area contributed by atoms with E-state index in [9.17, 15) is 9.59 Å². The van der Waals surface area contributed by atoms with Gasteiger partial charge >= 0.3 is 5.97 Å². The summed E-state index contributed by atoms with van der Waals surface area (Å²) in [6, 6.07) is 3.52. The standard InChI is InChI=1S/C14H15N3O3S/c1-8-4-5-11(9(2)15-8)13(19)17-14-16-10(7-21-14)6-12(18)20-3/h4-5,7H,6H2,1-3H3,(H,16,17,19). The van der Waals surface area contributed by atoms with Crippen LogP contribution in [0.4, 0.5) is 5.13 Å². The molecule has 0 saturated carbocycles. The van der Waals surface area contributed by atoms with E-state index in [0.29, 0.717) is 22.1 Å². The number of amides is 1. The largest absolute Gasteiger partial charge is 0.469 e. The van der Waals surface area contributed by atoms with Crippen LogP contribution in [0.2, 0.25) is 0 Å². The minimum atomic E-state index is -0.364. The minimum absolute atomic E-state index is 0.0913. The van der Waals surface area contributed by atoms with Gasteiger partial charge in [0.2, 0.25) is 0 Å². The quantitative estimate of drug-likeness (QED) is 0.875. The Kier molecular flexibility index (Phi) is 4.64. The third-order valence-corrected chi connectivity index (χ3v) is 3.60. The van der Waals surface area contributed by atoms with Gasteiger partial charge in [0.1, 0.15) is 0 Å². The number of aryl methyl sites for hydroxylation is 2. The Hall–Kier alpha value is -2.28. The number of nitrogens with zero attached hydrogens (tertiary/aromatic N) is 2. The predicted octanol–water partition coefficient (Wildman–Crippen LogP) is 2.12. The molecule has 2 aromatic rings. The molecule has 2 heterocycles. The summed E-state index contributed by atoms with van der Waals surface area (Å²) in [5.74, 6) is -0.629. The first kappa shape index (κ1) is 15.1. The molecule has 0 fully saturated rings. The molecule has 0 atom stereocenters. The van der Waals surface area contributed by atoms with Crippen LogP contribution in [0.1, 0.15) is 27.4 Å². The van der Waals surface area contributed by atoms with Crippen LogP contribution in [-0.2, 0) is 16.0 Å². The Balaban J connectivity index is 2.07. The molecule has 6 nitrogen and oxygen atoms in total. The van der Waals surface area contributed by atoms with Crippen LogP contribution in [0.3, 0.4) is 0 Å². The Morgan fingerprint density at radius 1 is 1.29 bits per heavy atom. The monoisotopic (exact) mass is 305 g/mol. The highest BCUT2D eigenvalue weighted by Gasteiger charge is 2.13. The van der Waals surface area contributed by atoms with Crippen LogP contribution in [0.5, 0.6) is 0 Å². The van der Waals surface area contributed by atoms with Gasteiger partial charge in [0, 0.05) is 11.1 Å². The van der Waals surface area contributed by atoms with E-state index in [2.05, 4.69) is 20.0 Å². The van der Waals surface area contributed by atoms with Crippen LogP contribution in [0.15, 0.2) is 17.5 Å². The molecule has 7 heteroatoms. The fourth-order valence-corrected chi connectivity index (χ4v) is 2.46. The second kappa shape index (κ2) is 6.45. The zero-order chi connectivity index (χ0) is 15.4. The van der Waals surface area contributed by atoms with Crippen LogP contribution < -0.4 is 5.32 Å². The van der Waals surface area contributed by atoms with Gasteiger partial charge in [-0.1, -0.05) is 0 Å². The van der Waals surface area contributed by atoms with Crippen molar-refractivity contribution >= 4 is 28.3 Å². The number of hydrogen-bond donors (Lipinski definition) is 1. The molecule has 1 N–H and O–H groups in total. The average molecular weight is 305 g/mol. The number of hydrogen-bond acceptors (Lipinski definition) is 6. The van der Waals surface area contributed by atoms with Gasteiger partial charge in [-0.3, -0.25) is 19.9 Å². The van der Waals surface area contributed by atoms with E-state index < -0.39 is 0 Å². The number of nitrogens with one attached hydrogen (secondary N) is 1. The Morgan fingerprint density at radius 2 is 2.05 bits per heavy atom. The van der Waals surface area contributed by atoms with E-state index in [1.807, 2.05) is 6.92 Å². The molecule has 2 rings (SSSR count). The molecular formula is C14H15N3O3S. The molecule has 110 valence electrons. The summed E-state index contributed by atoms with van der Waals surface area (Å²) in [5, 5.41) is 4.86. The van der Waals surface area contributed by atoms with Gasteiger partial charge in [-0.15, -0.1) is 11.3 Å². The fourth-order valence-electron chi connectivity index (χ4n) is 1.76. The van der Waals surface area contributed by atoms with E-state index >= 15 is 0 Å². The van der Waals surface area contributed by atoms with Crippen molar-refractivity contribution in [3.05, 3.63) is 40.2 Å². The number of esters is 1. The molecule has 0 bridgehead atoms. The molecular weight excluding hydrogens is 290 g/mol. The molecule has 0 saturated heterocycles. The summed E-state index contributed by atoms with van der Waals surface area (Å²) in [5.41, 5.74) is 2.60. The molecule has 2 aromatic heterocycles. The summed E-state index contributed by atoms with van der Waals surface area (Å²) in [4.78, 5) is 31.7. The lowest BCUT2D eigenvalue weighted by Crippen LogP contribution is -2.14. The summed E-state index contributed by atoms with van der Waals surface area (Å²) < 4.78 is 4.57. The first-order valence-electron chi connectivity index (χ1n) is 6.26. The molecule has 0 aliphatic rings. The van der Waals surface area contributed by atoms with Gasteiger partial charge in [-0.2, -0.15) is 0 Å². The van der Waals surface area contributed by atoms with Crippen molar-refractivity contribution < 1.29 is 14.3 Å². The van der Waals surface area contributed by atoms with Gasteiger partial charge in [-0.25, -0.2) is 4.98 Å². The maximum Gasteiger partial charge on any atom is 0.311 e. The molecule has 21 heavy (non-hydrogen) atoms. The topological polar surface area (TPSA) is 81.2 Å². The highest BCUT2D eigenvalue weighted by atomic mass is 32.1. The van der Waals surface area contributed by atoms with Crippen LogP contribution in [-0.4, -0.2) is 29.0 Å². The van der Waals surface area contributed by atoms with Gasteiger partial charge in [0.25, 0.3) is 5.91 Å². The van der Waals surface area contributed by atoms with Crippen LogP contribution in [0.25, 0.3) is 0 Å². The predicted molar refractivity (Wildman–Crippen MR) is 79.5 cm³/mol. The van der Waals surface area contributed by atoms with E-state index in [1.165, 1.54) is 18.4 Å². The smallest absolute Gasteiger partial charge is 0.311 e. The summed E-state index contributed by atoms with van der Waals surface area (Å²) in [6.07, 6.45) is 0.0913. The Bertz CT molecular complexity index is 682. The number of carbonyl (C=O) groups excluding carboxylic acids is 2. The lowest BCUT2D eigenvalue weighted by molar-refractivity contribution is -0.139. The zero-order valence-corrected chi connectivity index (χ0v) is 12.8. The lowest BCUT2D eigenvalue weighted by Gasteiger charge is -2.05. The summed E-state index contributed by atoms with van der Waals surface area (Å²) >= 11 is 1.26. The first-order valence-corrected chi connectivity index (χ1v) is 7.14. The summed E-state index contributed by atoms with van der Waals surface area (Å²) in [7, 11) is 1.32. The maximum atomic E-state index is 12.2. The lowest BCUT2D eigenvalue weighted by atomic mass is 10.2. The highest BCUT2D eigenvalue weighted by Crippen LogP contribution is 2.18. The molecule has 0 aromatic carbocycles. The average Bonchev–Trinajstić information content (AvgIpc) is 2.85. The molecule has 0 aliphatic heterocycles. The number of rotatable bonds is 4. The van der Waals surface area contributed by atoms with Crippen molar-refractivity contribution in [1.82, 2.24) is 9.97 Å². The van der Waals surface area contributed by atoms with Crippen molar-refractivity contribution in [2.45, 2.75) is 20.3 Å². The van der Waals surface area contributed by atoms with Crippen LogP contribution in [0, 0.1) is 13.8 Å². The SMILES string of the molecule is COC(=O)Cc1csc(NC(=O)c2ccc(C)nc2C)n1. The number of ether oxygens (including phenoxy) is 1. The van der Waals surface area contributed by atoms with Gasteiger partial charge in [0.15, 0.2) is 5.13 Å². The van der Waals surface area contributed by atoms with Crippen molar-refractivity contribution in [3.63, 3.8) is 0 Å². The van der Waals surface area contributed by atoms with Gasteiger partial charge in [0.05, 0.1) is 30.5 Å². The maximum absolute atomic E-state index is 12.2. The number of pyridine rings is 1. The van der Waals surface area contributed by atoms with Gasteiger partial charge < -0.3 is 4.74 Å². The molecule has 0 aliphatic carbocycles. The zero-order valence-electron chi connectivity index (χ0n) is 12.0. The van der Waals surface area contributed by atoms with Crippen molar-refractivity contribution in [3.8, 4) is 0 Å². The third-order valence-electron chi connectivity index (χ3n) is 2.80. The van der Waals surface area contributed by atoms with Crippen molar-refractivity contribution in [1.29, 1.82) is 0 Å². The van der Waals surface area contributed by atoms with Crippen LogP contribution >= 0.6 is 11.3 Å². The second-order valence-electron chi connectivity index (χ2n) is 4.44. The molecule has 0 spiro atoms. The van der Waals surface area contributed by atoms with E-state index in [1.54, 1.807) is 24.4 Å².